The van der Waals surface area contributed by atoms with Crippen LogP contribution in [0.25, 0.3) is 0 Å². The molecule has 2 aromatic rings. The Labute approximate surface area is 154 Å². The van der Waals surface area contributed by atoms with Crippen molar-refractivity contribution in [3.05, 3.63) is 51.9 Å². The van der Waals surface area contributed by atoms with Gasteiger partial charge in [0.15, 0.2) is 11.0 Å². The highest BCUT2D eigenvalue weighted by atomic mass is 32.2. The van der Waals surface area contributed by atoms with E-state index in [-0.39, 0.29) is 21.5 Å². The molecule has 0 unspecified atom stereocenters. The third-order valence-corrected chi connectivity index (χ3v) is 5.65. The van der Waals surface area contributed by atoms with Gasteiger partial charge in [0.2, 0.25) is 0 Å². The SMILES string of the molecule is CC(=O)c1cc([C@@]2(C)C[C@@H](c3c(C)noc3C)SC(N)=N2)c(F)cc1F. The summed E-state index contributed by atoms with van der Waals surface area (Å²) in [5.41, 5.74) is 6.59. The highest BCUT2D eigenvalue weighted by Gasteiger charge is 2.39. The number of aryl methyl sites for hydroxylation is 2. The number of ketones is 1. The molecular formula is C18H19F2N3O2S. The lowest BCUT2D eigenvalue weighted by Gasteiger charge is -2.35. The Balaban J connectivity index is 2.11. The normalized spacial score (nSPS) is 23.0. The van der Waals surface area contributed by atoms with E-state index in [0.717, 1.165) is 17.3 Å². The van der Waals surface area contributed by atoms with Gasteiger partial charge in [0, 0.05) is 22.4 Å². The second kappa shape index (κ2) is 6.50. The van der Waals surface area contributed by atoms with Crippen molar-refractivity contribution in [2.24, 2.45) is 10.7 Å². The molecule has 8 heteroatoms. The largest absolute Gasteiger partial charge is 0.378 e. The van der Waals surface area contributed by atoms with Crippen LogP contribution in [0.4, 0.5) is 8.78 Å². The number of thioether (sulfide) groups is 1. The number of nitrogens with zero attached hydrogens (tertiary/aromatic N) is 2. The van der Waals surface area contributed by atoms with E-state index in [2.05, 4.69) is 10.1 Å². The van der Waals surface area contributed by atoms with E-state index >= 15 is 0 Å². The average Bonchev–Trinajstić information content (AvgIpc) is 2.84. The van der Waals surface area contributed by atoms with Gasteiger partial charge in [-0.05, 0) is 40.2 Å². The Bertz CT molecular complexity index is 906. The third-order valence-electron chi connectivity index (χ3n) is 4.63. The summed E-state index contributed by atoms with van der Waals surface area (Å²) < 4.78 is 33.7. The number of hydrogen-bond acceptors (Lipinski definition) is 6. The molecule has 0 bridgehead atoms. The van der Waals surface area contributed by atoms with Crippen molar-refractivity contribution in [1.29, 1.82) is 0 Å². The summed E-state index contributed by atoms with van der Waals surface area (Å²) >= 11 is 1.35. The molecule has 0 spiro atoms. The van der Waals surface area contributed by atoms with Crippen LogP contribution in [0.2, 0.25) is 0 Å². The van der Waals surface area contributed by atoms with Crippen LogP contribution in [0.3, 0.4) is 0 Å². The van der Waals surface area contributed by atoms with Gasteiger partial charge < -0.3 is 10.3 Å². The molecule has 0 aliphatic carbocycles. The van der Waals surface area contributed by atoms with Gasteiger partial charge in [-0.2, -0.15) is 0 Å². The third kappa shape index (κ3) is 3.13. The van der Waals surface area contributed by atoms with Crippen molar-refractivity contribution in [1.82, 2.24) is 5.16 Å². The Kier molecular flexibility index (Phi) is 4.64. The molecule has 1 aromatic heterocycles. The van der Waals surface area contributed by atoms with E-state index in [1.54, 1.807) is 6.92 Å². The first-order valence-electron chi connectivity index (χ1n) is 8.07. The van der Waals surface area contributed by atoms with Crippen LogP contribution >= 0.6 is 11.8 Å². The standard InChI is InChI=1S/C18H19F2N3O2S/c1-8-16(10(3)25-23-8)15-7-18(4,22-17(21)26-15)12-5-11(9(2)24)13(19)6-14(12)20/h5-6,15H,7H2,1-4H3,(H2,21,22)/t15-,18+/m0/s1. The summed E-state index contributed by atoms with van der Waals surface area (Å²) in [5, 5.41) is 4.11. The van der Waals surface area contributed by atoms with E-state index in [9.17, 15) is 13.6 Å². The minimum Gasteiger partial charge on any atom is -0.378 e. The van der Waals surface area contributed by atoms with Crippen LogP contribution in [0, 0.1) is 25.5 Å². The minimum absolute atomic E-state index is 0.143. The fourth-order valence-corrected chi connectivity index (χ4v) is 4.78. The number of carbonyl (C=O) groups excluding carboxylic acids is 1. The fourth-order valence-electron chi connectivity index (χ4n) is 3.38. The summed E-state index contributed by atoms with van der Waals surface area (Å²) in [5.74, 6) is -1.44. The predicted molar refractivity (Wildman–Crippen MR) is 96.3 cm³/mol. The van der Waals surface area contributed by atoms with Gasteiger partial charge in [-0.25, -0.2) is 8.78 Å². The van der Waals surface area contributed by atoms with E-state index < -0.39 is 23.0 Å². The topological polar surface area (TPSA) is 81.5 Å². The Morgan fingerprint density at radius 1 is 1.35 bits per heavy atom. The summed E-state index contributed by atoms with van der Waals surface area (Å²) in [6.45, 7) is 6.61. The number of aliphatic imine (C=N–C) groups is 1. The van der Waals surface area contributed by atoms with Crippen molar-refractivity contribution in [3.8, 4) is 0 Å². The number of amidine groups is 1. The van der Waals surface area contributed by atoms with E-state index in [1.807, 2.05) is 13.8 Å². The van der Waals surface area contributed by atoms with Crippen LogP contribution in [0.15, 0.2) is 21.6 Å². The first kappa shape index (κ1) is 18.6. The summed E-state index contributed by atoms with van der Waals surface area (Å²) in [4.78, 5) is 16.1. The first-order chi connectivity index (χ1) is 12.1. The maximum Gasteiger partial charge on any atom is 0.162 e. The molecule has 0 saturated carbocycles. The van der Waals surface area contributed by atoms with Gasteiger partial charge in [0.25, 0.3) is 0 Å². The number of nitrogens with two attached hydrogens (primary N) is 1. The molecule has 0 amide bonds. The molecule has 26 heavy (non-hydrogen) atoms. The Morgan fingerprint density at radius 3 is 2.62 bits per heavy atom. The van der Waals surface area contributed by atoms with Crippen molar-refractivity contribution >= 4 is 22.7 Å². The van der Waals surface area contributed by atoms with Crippen LogP contribution in [-0.2, 0) is 5.54 Å². The number of rotatable bonds is 3. The number of Topliss-reactive ketones (excluding diaryl/α,β-unsaturated/α-hetero) is 1. The van der Waals surface area contributed by atoms with Crippen LogP contribution in [0.1, 0.15) is 58.5 Å². The molecule has 2 heterocycles. The zero-order valence-corrected chi connectivity index (χ0v) is 15.7. The van der Waals surface area contributed by atoms with Gasteiger partial charge in [0.05, 0.1) is 16.8 Å². The number of carbonyl (C=O) groups is 1. The highest BCUT2D eigenvalue weighted by Crippen LogP contribution is 2.48. The lowest BCUT2D eigenvalue weighted by atomic mass is 9.84. The quantitative estimate of drug-likeness (QED) is 0.809. The highest BCUT2D eigenvalue weighted by molar-refractivity contribution is 8.14. The minimum atomic E-state index is -1.04. The molecule has 0 fully saturated rings. The van der Waals surface area contributed by atoms with Crippen LogP contribution < -0.4 is 5.73 Å². The van der Waals surface area contributed by atoms with Crippen molar-refractivity contribution in [2.75, 3.05) is 0 Å². The van der Waals surface area contributed by atoms with E-state index in [0.29, 0.717) is 12.2 Å². The lowest BCUT2D eigenvalue weighted by Crippen LogP contribution is -2.32. The number of aromatic nitrogens is 1. The predicted octanol–water partition coefficient (Wildman–Crippen LogP) is 4.18. The average molecular weight is 379 g/mol. The van der Waals surface area contributed by atoms with Crippen molar-refractivity contribution < 1.29 is 18.1 Å². The second-order valence-corrected chi connectivity index (χ2v) is 7.86. The van der Waals surface area contributed by atoms with Crippen molar-refractivity contribution in [3.63, 3.8) is 0 Å². The fraction of sp³-hybridized carbons (Fsp3) is 0.389. The lowest BCUT2D eigenvalue weighted by molar-refractivity contribution is 0.101. The molecule has 2 atom stereocenters. The smallest absolute Gasteiger partial charge is 0.162 e. The summed E-state index contributed by atoms with van der Waals surface area (Å²) in [6, 6.07) is 1.97. The van der Waals surface area contributed by atoms with Gasteiger partial charge in [0.1, 0.15) is 17.4 Å². The zero-order valence-electron chi connectivity index (χ0n) is 14.9. The molecule has 0 saturated heterocycles. The van der Waals surface area contributed by atoms with E-state index in [1.165, 1.54) is 24.8 Å². The van der Waals surface area contributed by atoms with Gasteiger partial charge in [-0.1, -0.05) is 16.9 Å². The number of hydrogen-bond donors (Lipinski definition) is 1. The van der Waals surface area contributed by atoms with Crippen LogP contribution in [0.5, 0.6) is 0 Å². The monoisotopic (exact) mass is 379 g/mol. The summed E-state index contributed by atoms with van der Waals surface area (Å²) in [7, 11) is 0. The Morgan fingerprint density at radius 2 is 2.04 bits per heavy atom. The molecule has 0 radical (unpaired) electrons. The summed E-state index contributed by atoms with van der Waals surface area (Å²) in [6.07, 6.45) is 0.404. The Hall–Kier alpha value is -2.22. The van der Waals surface area contributed by atoms with Gasteiger partial charge >= 0.3 is 0 Å². The molecule has 138 valence electrons. The molecule has 1 aliphatic rings. The van der Waals surface area contributed by atoms with E-state index in [4.69, 9.17) is 10.3 Å². The molecule has 3 rings (SSSR count). The van der Waals surface area contributed by atoms with Gasteiger partial charge in [-0.3, -0.25) is 9.79 Å². The van der Waals surface area contributed by atoms with Crippen LogP contribution in [-0.4, -0.2) is 16.1 Å². The molecule has 1 aromatic carbocycles. The number of halogens is 2. The molecule has 5 nitrogen and oxygen atoms in total. The zero-order chi connectivity index (χ0) is 19.2. The molecule has 1 aliphatic heterocycles. The second-order valence-electron chi connectivity index (χ2n) is 6.64. The van der Waals surface area contributed by atoms with Crippen molar-refractivity contribution in [2.45, 2.75) is 44.9 Å². The maximum absolute atomic E-state index is 14.6. The number of benzene rings is 1. The molecular weight excluding hydrogens is 360 g/mol. The van der Waals surface area contributed by atoms with Gasteiger partial charge in [-0.15, -0.1) is 0 Å². The maximum atomic E-state index is 14.6. The molecule has 2 N–H and O–H groups in total. The first-order valence-corrected chi connectivity index (χ1v) is 8.95.